The number of para-hydroxylation sites is 1. The first-order chi connectivity index (χ1) is 18.4. The van der Waals surface area contributed by atoms with Crippen molar-refractivity contribution in [2.24, 2.45) is 0 Å². The summed E-state index contributed by atoms with van der Waals surface area (Å²) in [5, 5.41) is 13.3. The largest absolute Gasteiger partial charge is 0.449 e. The van der Waals surface area contributed by atoms with Gasteiger partial charge in [-0.3, -0.25) is 25.0 Å². The molecular formula is C26H17ClF3N3O6. The number of amides is 4. The second-order valence-corrected chi connectivity index (χ2v) is 8.58. The summed E-state index contributed by atoms with van der Waals surface area (Å²) in [4.78, 5) is 49.3. The standard InChI is InChI=1S/C26H17ClF3N3O6/c1-2-15-5-3-4-6-19(15)32-24(35)17(23(34)31-25(32)36)11-14-7-9-21(18(27)12-14)39-22-10-8-16(26(28,29)30)13-20(22)33(37)38/h3-13H,2H2,1H3,(H,31,34,36)/b17-11+. The number of imide groups is 2. The predicted octanol–water partition coefficient (Wildman–Crippen LogP) is 6.29. The smallest absolute Gasteiger partial charge is 0.416 e. The van der Waals surface area contributed by atoms with Gasteiger partial charge in [0.2, 0.25) is 5.75 Å². The molecule has 4 rings (SSSR count). The Balaban J connectivity index is 1.65. The minimum atomic E-state index is -4.79. The molecule has 200 valence electrons. The van der Waals surface area contributed by atoms with Crippen molar-refractivity contribution in [2.75, 3.05) is 4.90 Å². The van der Waals surface area contributed by atoms with E-state index in [-0.39, 0.29) is 21.9 Å². The van der Waals surface area contributed by atoms with Gasteiger partial charge in [0, 0.05) is 6.07 Å². The van der Waals surface area contributed by atoms with Crippen LogP contribution in [-0.4, -0.2) is 22.8 Å². The summed E-state index contributed by atoms with van der Waals surface area (Å²) >= 11 is 6.24. The zero-order valence-electron chi connectivity index (χ0n) is 19.9. The normalized spacial score (nSPS) is 14.9. The monoisotopic (exact) mass is 559 g/mol. The van der Waals surface area contributed by atoms with Crippen LogP contribution < -0.4 is 15.0 Å². The zero-order valence-corrected chi connectivity index (χ0v) is 20.7. The number of halogens is 4. The highest BCUT2D eigenvalue weighted by Gasteiger charge is 2.37. The van der Waals surface area contributed by atoms with Crippen molar-refractivity contribution in [1.82, 2.24) is 5.32 Å². The maximum absolute atomic E-state index is 13.2. The van der Waals surface area contributed by atoms with E-state index in [2.05, 4.69) is 5.32 Å². The van der Waals surface area contributed by atoms with Crippen molar-refractivity contribution in [2.45, 2.75) is 19.5 Å². The molecule has 0 radical (unpaired) electrons. The van der Waals surface area contributed by atoms with Crippen molar-refractivity contribution in [1.29, 1.82) is 0 Å². The van der Waals surface area contributed by atoms with Crippen LogP contribution in [0.4, 0.5) is 29.3 Å². The number of nitrogens with one attached hydrogen (secondary N) is 1. The van der Waals surface area contributed by atoms with E-state index >= 15 is 0 Å². The first kappa shape index (κ1) is 27.3. The second-order valence-electron chi connectivity index (χ2n) is 8.17. The summed E-state index contributed by atoms with van der Waals surface area (Å²) in [6.45, 7) is 1.85. The third-order valence-corrected chi connectivity index (χ3v) is 5.98. The summed E-state index contributed by atoms with van der Waals surface area (Å²) in [5.41, 5.74) is -1.24. The third kappa shape index (κ3) is 5.60. The predicted molar refractivity (Wildman–Crippen MR) is 134 cm³/mol. The number of carbonyl (C=O) groups is 3. The van der Waals surface area contributed by atoms with Crippen molar-refractivity contribution in [3.8, 4) is 11.5 Å². The van der Waals surface area contributed by atoms with Gasteiger partial charge in [-0.15, -0.1) is 0 Å². The highest BCUT2D eigenvalue weighted by molar-refractivity contribution is 6.39. The molecule has 3 aromatic rings. The van der Waals surface area contributed by atoms with Gasteiger partial charge in [-0.1, -0.05) is 42.8 Å². The van der Waals surface area contributed by atoms with Crippen molar-refractivity contribution < 1.29 is 37.2 Å². The molecule has 1 saturated heterocycles. The van der Waals surface area contributed by atoms with Crippen LogP contribution in [0.15, 0.2) is 66.2 Å². The highest BCUT2D eigenvalue weighted by Crippen LogP contribution is 2.39. The number of urea groups is 1. The molecule has 1 aliphatic heterocycles. The first-order valence-corrected chi connectivity index (χ1v) is 11.6. The Morgan fingerprint density at radius 2 is 1.74 bits per heavy atom. The maximum Gasteiger partial charge on any atom is 0.416 e. The van der Waals surface area contributed by atoms with Crippen LogP contribution in [0.2, 0.25) is 5.02 Å². The van der Waals surface area contributed by atoms with Gasteiger partial charge in [-0.25, -0.2) is 9.69 Å². The number of nitrogens with zero attached hydrogens (tertiary/aromatic N) is 2. The Morgan fingerprint density at radius 1 is 1.05 bits per heavy atom. The van der Waals surface area contributed by atoms with Gasteiger partial charge in [-0.05, 0) is 54.0 Å². The number of alkyl halides is 3. The fraction of sp³-hybridized carbons (Fsp3) is 0.115. The molecule has 0 bridgehead atoms. The lowest BCUT2D eigenvalue weighted by atomic mass is 10.0. The molecule has 4 amide bonds. The summed E-state index contributed by atoms with van der Waals surface area (Å²) < 4.78 is 44.3. The van der Waals surface area contributed by atoms with Crippen molar-refractivity contribution >= 4 is 46.9 Å². The lowest BCUT2D eigenvalue weighted by molar-refractivity contribution is -0.385. The molecule has 1 N–H and O–H groups in total. The lowest BCUT2D eigenvalue weighted by Gasteiger charge is -2.28. The van der Waals surface area contributed by atoms with E-state index < -0.39 is 45.9 Å². The van der Waals surface area contributed by atoms with Gasteiger partial charge < -0.3 is 4.74 Å². The van der Waals surface area contributed by atoms with Gasteiger partial charge >= 0.3 is 17.9 Å². The number of rotatable bonds is 6. The average Bonchev–Trinajstić information content (AvgIpc) is 2.87. The number of nitro benzene ring substituents is 1. The molecule has 0 atom stereocenters. The molecule has 0 unspecified atom stereocenters. The minimum Gasteiger partial charge on any atom is -0.449 e. The summed E-state index contributed by atoms with van der Waals surface area (Å²) in [7, 11) is 0. The number of hydrogen-bond acceptors (Lipinski definition) is 6. The quantitative estimate of drug-likeness (QED) is 0.164. The maximum atomic E-state index is 13.2. The molecule has 1 fully saturated rings. The van der Waals surface area contributed by atoms with E-state index in [1.807, 2.05) is 6.92 Å². The summed E-state index contributed by atoms with van der Waals surface area (Å²) in [6, 6.07) is 11.5. The van der Waals surface area contributed by atoms with Gasteiger partial charge in [0.15, 0.2) is 0 Å². The van der Waals surface area contributed by atoms with E-state index in [4.69, 9.17) is 16.3 Å². The van der Waals surface area contributed by atoms with E-state index in [0.717, 1.165) is 11.0 Å². The summed E-state index contributed by atoms with van der Waals surface area (Å²) in [5.74, 6) is -2.39. The Labute approximate surface area is 223 Å². The number of ether oxygens (including phenoxy) is 1. The van der Waals surface area contributed by atoms with Gasteiger partial charge in [0.05, 0.1) is 21.2 Å². The van der Waals surface area contributed by atoms with Crippen LogP contribution in [0.5, 0.6) is 11.5 Å². The van der Waals surface area contributed by atoms with Crippen LogP contribution >= 0.6 is 11.6 Å². The zero-order chi connectivity index (χ0) is 28.5. The molecule has 13 heteroatoms. The number of barbiturate groups is 1. The Kier molecular flexibility index (Phi) is 7.41. The van der Waals surface area contributed by atoms with E-state index in [1.165, 1.54) is 24.3 Å². The first-order valence-electron chi connectivity index (χ1n) is 11.2. The Bertz CT molecular complexity index is 1550. The molecule has 0 aromatic heterocycles. The van der Waals surface area contributed by atoms with Gasteiger partial charge in [-0.2, -0.15) is 13.2 Å². The Morgan fingerprint density at radius 3 is 2.38 bits per heavy atom. The fourth-order valence-electron chi connectivity index (χ4n) is 3.80. The number of carbonyl (C=O) groups excluding carboxylic acids is 3. The summed E-state index contributed by atoms with van der Waals surface area (Å²) in [6.07, 6.45) is -3.08. The number of hydrogen-bond donors (Lipinski definition) is 1. The van der Waals surface area contributed by atoms with E-state index in [9.17, 15) is 37.7 Å². The molecule has 1 aliphatic rings. The van der Waals surface area contributed by atoms with Crippen LogP contribution in [-0.2, 0) is 22.2 Å². The number of anilines is 1. The van der Waals surface area contributed by atoms with Gasteiger partial charge in [0.25, 0.3) is 11.8 Å². The molecular weight excluding hydrogens is 543 g/mol. The fourth-order valence-corrected chi connectivity index (χ4v) is 4.03. The van der Waals surface area contributed by atoms with E-state index in [0.29, 0.717) is 29.8 Å². The topological polar surface area (TPSA) is 119 Å². The molecule has 0 spiro atoms. The van der Waals surface area contributed by atoms with Crippen LogP contribution in [0.1, 0.15) is 23.6 Å². The van der Waals surface area contributed by atoms with Crippen LogP contribution in [0, 0.1) is 10.1 Å². The molecule has 9 nitrogen and oxygen atoms in total. The molecule has 0 aliphatic carbocycles. The number of aryl methyl sites for hydroxylation is 1. The van der Waals surface area contributed by atoms with Crippen molar-refractivity contribution in [3.05, 3.63) is 98.1 Å². The highest BCUT2D eigenvalue weighted by atomic mass is 35.5. The molecule has 3 aromatic carbocycles. The minimum absolute atomic E-state index is 0.119. The Hall–Kier alpha value is -4.71. The molecule has 1 heterocycles. The number of benzene rings is 3. The van der Waals surface area contributed by atoms with Crippen molar-refractivity contribution in [3.63, 3.8) is 0 Å². The van der Waals surface area contributed by atoms with Crippen LogP contribution in [0.3, 0.4) is 0 Å². The average molecular weight is 560 g/mol. The number of nitro groups is 1. The van der Waals surface area contributed by atoms with Gasteiger partial charge in [0.1, 0.15) is 11.3 Å². The molecule has 39 heavy (non-hydrogen) atoms. The SMILES string of the molecule is CCc1ccccc1N1C(=O)NC(=O)/C(=C\c2ccc(Oc3ccc(C(F)(F)F)cc3[N+](=O)[O-])c(Cl)c2)C1=O. The second kappa shape index (κ2) is 10.6. The lowest BCUT2D eigenvalue weighted by Crippen LogP contribution is -2.54. The van der Waals surface area contributed by atoms with Crippen LogP contribution in [0.25, 0.3) is 6.08 Å². The third-order valence-electron chi connectivity index (χ3n) is 5.68. The van der Waals surface area contributed by atoms with E-state index in [1.54, 1.807) is 24.3 Å². The molecule has 0 saturated carbocycles.